The van der Waals surface area contributed by atoms with Crippen LogP contribution >= 0.6 is 0 Å². The van der Waals surface area contributed by atoms with Crippen LogP contribution in [0, 0.1) is 0 Å². The molecule has 1 N–H and O–H groups in total. The predicted octanol–water partition coefficient (Wildman–Crippen LogP) is 4.73. The zero-order chi connectivity index (χ0) is 17.2. The third-order valence-corrected chi connectivity index (χ3v) is 4.54. The summed E-state index contributed by atoms with van der Waals surface area (Å²) in [7, 11) is 0. The Bertz CT molecular complexity index is 944. The highest BCUT2D eigenvalue weighted by molar-refractivity contribution is 6.05. The van der Waals surface area contributed by atoms with Gasteiger partial charge in [0.1, 0.15) is 0 Å². The SMILES string of the molecule is O=C(Nc1ccc2c(c1)CCC2=O)c1ccc(-c2ccccc2)cc1. The van der Waals surface area contributed by atoms with Gasteiger partial charge in [-0.25, -0.2) is 0 Å². The van der Waals surface area contributed by atoms with Gasteiger partial charge in [-0.15, -0.1) is 0 Å². The normalized spacial score (nSPS) is 12.7. The number of aryl methyl sites for hydroxylation is 1. The zero-order valence-corrected chi connectivity index (χ0v) is 13.7. The molecule has 0 radical (unpaired) electrons. The summed E-state index contributed by atoms with van der Waals surface area (Å²) < 4.78 is 0. The van der Waals surface area contributed by atoms with Gasteiger partial charge in [-0.05, 0) is 53.4 Å². The molecule has 0 saturated heterocycles. The quantitative estimate of drug-likeness (QED) is 0.755. The maximum Gasteiger partial charge on any atom is 0.255 e. The minimum atomic E-state index is -0.149. The average molecular weight is 327 g/mol. The Hall–Kier alpha value is -3.20. The van der Waals surface area contributed by atoms with Gasteiger partial charge in [-0.3, -0.25) is 9.59 Å². The van der Waals surface area contributed by atoms with Gasteiger partial charge in [0.2, 0.25) is 0 Å². The number of hydrogen-bond donors (Lipinski definition) is 1. The van der Waals surface area contributed by atoms with E-state index in [-0.39, 0.29) is 11.7 Å². The number of carbonyl (C=O) groups excluding carboxylic acids is 2. The largest absolute Gasteiger partial charge is 0.322 e. The van der Waals surface area contributed by atoms with Crippen LogP contribution in [0.15, 0.2) is 72.8 Å². The van der Waals surface area contributed by atoms with Crippen LogP contribution in [0.1, 0.15) is 32.7 Å². The van der Waals surface area contributed by atoms with Crippen molar-refractivity contribution in [1.82, 2.24) is 0 Å². The van der Waals surface area contributed by atoms with Crippen molar-refractivity contribution in [3.05, 3.63) is 89.5 Å². The number of carbonyl (C=O) groups is 2. The molecule has 1 aliphatic carbocycles. The van der Waals surface area contributed by atoms with Gasteiger partial charge in [-0.2, -0.15) is 0 Å². The van der Waals surface area contributed by atoms with E-state index in [2.05, 4.69) is 5.32 Å². The first-order valence-corrected chi connectivity index (χ1v) is 8.34. The molecular formula is C22H17NO2. The second-order valence-corrected chi connectivity index (χ2v) is 6.19. The van der Waals surface area contributed by atoms with Crippen molar-refractivity contribution < 1.29 is 9.59 Å². The van der Waals surface area contributed by atoms with Gasteiger partial charge in [0.05, 0.1) is 0 Å². The molecule has 4 rings (SSSR count). The molecule has 3 aromatic rings. The van der Waals surface area contributed by atoms with Crippen LogP contribution in [0.2, 0.25) is 0 Å². The Morgan fingerprint density at radius 3 is 2.28 bits per heavy atom. The monoisotopic (exact) mass is 327 g/mol. The zero-order valence-electron chi connectivity index (χ0n) is 13.7. The van der Waals surface area contributed by atoms with Crippen molar-refractivity contribution in [3.63, 3.8) is 0 Å². The van der Waals surface area contributed by atoms with Crippen LogP contribution in [0.4, 0.5) is 5.69 Å². The molecule has 0 saturated carbocycles. The van der Waals surface area contributed by atoms with Crippen LogP contribution in [0.3, 0.4) is 0 Å². The number of ketones is 1. The summed E-state index contributed by atoms with van der Waals surface area (Å²) in [6.07, 6.45) is 1.32. The van der Waals surface area contributed by atoms with Crippen LogP contribution in [-0.4, -0.2) is 11.7 Å². The maximum absolute atomic E-state index is 12.4. The summed E-state index contributed by atoms with van der Waals surface area (Å²) in [5.74, 6) is 0.0354. The molecule has 3 heteroatoms. The van der Waals surface area contributed by atoms with E-state index in [9.17, 15) is 9.59 Å². The van der Waals surface area contributed by atoms with Crippen molar-refractivity contribution in [2.45, 2.75) is 12.8 Å². The predicted molar refractivity (Wildman–Crippen MR) is 98.9 cm³/mol. The molecule has 3 nitrogen and oxygen atoms in total. The summed E-state index contributed by atoms with van der Waals surface area (Å²) >= 11 is 0. The molecule has 3 aromatic carbocycles. The number of benzene rings is 3. The van der Waals surface area contributed by atoms with E-state index in [0.29, 0.717) is 12.0 Å². The molecule has 0 spiro atoms. The lowest BCUT2D eigenvalue weighted by atomic mass is 10.0. The Morgan fingerprint density at radius 2 is 1.52 bits per heavy atom. The molecule has 1 aliphatic rings. The summed E-state index contributed by atoms with van der Waals surface area (Å²) in [4.78, 5) is 24.1. The number of hydrogen-bond acceptors (Lipinski definition) is 2. The van der Waals surface area contributed by atoms with Crippen molar-refractivity contribution in [1.29, 1.82) is 0 Å². The van der Waals surface area contributed by atoms with Gasteiger partial charge in [-0.1, -0.05) is 42.5 Å². The molecule has 0 aromatic heterocycles. The Kier molecular flexibility index (Phi) is 3.90. The molecule has 0 bridgehead atoms. The Balaban J connectivity index is 1.51. The van der Waals surface area contributed by atoms with E-state index in [1.54, 1.807) is 12.1 Å². The van der Waals surface area contributed by atoms with Crippen LogP contribution in [0.25, 0.3) is 11.1 Å². The molecule has 122 valence electrons. The van der Waals surface area contributed by atoms with E-state index in [1.807, 2.05) is 60.7 Å². The van der Waals surface area contributed by atoms with Crippen molar-refractivity contribution in [3.8, 4) is 11.1 Å². The first-order valence-electron chi connectivity index (χ1n) is 8.34. The lowest BCUT2D eigenvalue weighted by Gasteiger charge is -2.08. The summed E-state index contributed by atoms with van der Waals surface area (Å²) in [6.45, 7) is 0. The standard InChI is InChI=1S/C22H17NO2/c24-21-13-10-18-14-19(11-12-20(18)21)23-22(25)17-8-6-16(7-9-17)15-4-2-1-3-5-15/h1-9,11-12,14H,10,13H2,(H,23,25). The molecule has 0 aliphatic heterocycles. The molecule has 25 heavy (non-hydrogen) atoms. The molecule has 0 unspecified atom stereocenters. The fourth-order valence-electron chi connectivity index (χ4n) is 3.18. The van der Waals surface area contributed by atoms with E-state index < -0.39 is 0 Å². The van der Waals surface area contributed by atoms with E-state index in [4.69, 9.17) is 0 Å². The first kappa shape index (κ1) is 15.3. The topological polar surface area (TPSA) is 46.2 Å². The second kappa shape index (κ2) is 6.36. The van der Waals surface area contributed by atoms with Gasteiger partial charge >= 0.3 is 0 Å². The van der Waals surface area contributed by atoms with Gasteiger partial charge in [0, 0.05) is 23.2 Å². The fourth-order valence-corrected chi connectivity index (χ4v) is 3.18. The summed E-state index contributed by atoms with van der Waals surface area (Å²) in [5, 5.41) is 2.91. The van der Waals surface area contributed by atoms with E-state index >= 15 is 0 Å². The third kappa shape index (κ3) is 3.09. The second-order valence-electron chi connectivity index (χ2n) is 6.19. The fraction of sp³-hybridized carbons (Fsp3) is 0.0909. The Labute approximate surface area is 146 Å². The Morgan fingerprint density at radius 1 is 0.800 bits per heavy atom. The van der Waals surface area contributed by atoms with Gasteiger partial charge in [0.15, 0.2) is 5.78 Å². The smallest absolute Gasteiger partial charge is 0.255 e. The van der Waals surface area contributed by atoms with Crippen molar-refractivity contribution in [2.75, 3.05) is 5.32 Å². The number of amides is 1. The highest BCUT2D eigenvalue weighted by Crippen LogP contribution is 2.25. The number of fused-ring (bicyclic) bond motifs is 1. The highest BCUT2D eigenvalue weighted by atomic mass is 16.1. The lowest BCUT2D eigenvalue weighted by Crippen LogP contribution is -2.12. The van der Waals surface area contributed by atoms with E-state index in [0.717, 1.165) is 34.4 Å². The van der Waals surface area contributed by atoms with Gasteiger partial charge in [0.25, 0.3) is 5.91 Å². The first-order chi connectivity index (χ1) is 12.2. The average Bonchev–Trinajstić information content (AvgIpc) is 3.03. The third-order valence-electron chi connectivity index (χ3n) is 4.54. The van der Waals surface area contributed by atoms with Crippen LogP contribution in [-0.2, 0) is 6.42 Å². The number of rotatable bonds is 3. The maximum atomic E-state index is 12.4. The number of anilines is 1. The minimum absolute atomic E-state index is 0.149. The van der Waals surface area contributed by atoms with Crippen molar-refractivity contribution in [2.24, 2.45) is 0 Å². The molecule has 0 heterocycles. The van der Waals surface area contributed by atoms with Gasteiger partial charge < -0.3 is 5.32 Å². The van der Waals surface area contributed by atoms with Crippen LogP contribution in [0.5, 0.6) is 0 Å². The minimum Gasteiger partial charge on any atom is -0.322 e. The summed E-state index contributed by atoms with van der Waals surface area (Å²) in [5.41, 5.74) is 5.33. The van der Waals surface area contributed by atoms with Crippen LogP contribution < -0.4 is 5.32 Å². The molecule has 0 fully saturated rings. The molecular weight excluding hydrogens is 310 g/mol. The molecule has 1 amide bonds. The summed E-state index contributed by atoms with van der Waals surface area (Å²) in [6, 6.07) is 23.1. The molecule has 0 atom stereocenters. The highest BCUT2D eigenvalue weighted by Gasteiger charge is 2.19. The van der Waals surface area contributed by atoms with E-state index in [1.165, 1.54) is 0 Å². The number of nitrogens with one attached hydrogen (secondary N) is 1. The lowest BCUT2D eigenvalue weighted by molar-refractivity contribution is 0.0992. The number of Topliss-reactive ketones (excluding diaryl/α,β-unsaturated/α-hetero) is 1. The van der Waals surface area contributed by atoms with Crippen molar-refractivity contribution >= 4 is 17.4 Å².